The number of terminal acetylenes is 1. The van der Waals surface area contributed by atoms with Gasteiger partial charge in [-0.15, -0.1) is 12.3 Å². The Morgan fingerprint density at radius 2 is 2.11 bits per heavy atom. The number of thiol groups is 1. The zero-order valence-electron chi connectivity index (χ0n) is 5.56. The van der Waals surface area contributed by atoms with E-state index >= 15 is 0 Å². The Morgan fingerprint density at radius 1 is 1.33 bits per heavy atom. The van der Waals surface area contributed by atoms with E-state index in [1.54, 1.807) is 0 Å². The van der Waals surface area contributed by atoms with Crippen LogP contribution < -0.4 is 4.72 Å². The van der Waals surface area contributed by atoms with E-state index in [0.29, 0.717) is 0 Å². The first-order chi connectivity index (χ1) is 4.41. The largest absolute Gasteiger partial charge is 0.267 e. The lowest BCUT2D eigenvalue weighted by molar-refractivity contribution is 0.688. The molecule has 0 amide bonds. The minimum absolute atomic E-state index is 0.909. The summed E-state index contributed by atoms with van der Waals surface area (Å²) < 4.78 is 2.79. The van der Waals surface area contributed by atoms with Gasteiger partial charge in [0, 0.05) is 13.0 Å². The smallest absolute Gasteiger partial charge is 0.00860 e. The summed E-state index contributed by atoms with van der Waals surface area (Å²) in [5, 5.41) is 0. The number of nitrogens with one attached hydrogen (secondary N) is 1. The molecule has 1 N–H and O–H groups in total. The number of rotatable bonds is 5. The fourth-order valence-corrected chi connectivity index (χ4v) is 0.766. The molecule has 0 fully saturated rings. The Balaban J connectivity index is 2.69. The van der Waals surface area contributed by atoms with Gasteiger partial charge in [-0.25, -0.2) is 0 Å². The van der Waals surface area contributed by atoms with E-state index in [1.165, 1.54) is 12.8 Å². The molecule has 0 aromatic rings. The van der Waals surface area contributed by atoms with Crippen molar-refractivity contribution < 1.29 is 0 Å². The third kappa shape index (κ3) is 7.87. The molecule has 0 aromatic carbocycles. The van der Waals surface area contributed by atoms with Crippen molar-refractivity contribution in [2.75, 3.05) is 6.54 Å². The maximum atomic E-state index is 5.06. The van der Waals surface area contributed by atoms with Gasteiger partial charge in [0.15, 0.2) is 0 Å². The maximum Gasteiger partial charge on any atom is 0.00860 e. The van der Waals surface area contributed by atoms with Gasteiger partial charge in [0.1, 0.15) is 0 Å². The zero-order valence-corrected chi connectivity index (χ0v) is 6.45. The summed E-state index contributed by atoms with van der Waals surface area (Å²) in [5.41, 5.74) is 0. The Labute approximate surface area is 62.8 Å². The molecule has 0 atom stereocenters. The normalized spacial score (nSPS) is 8.89. The topological polar surface area (TPSA) is 12.0 Å². The van der Waals surface area contributed by atoms with Crippen LogP contribution in [0.4, 0.5) is 0 Å². The Bertz CT molecular complexity index is 85.4. The van der Waals surface area contributed by atoms with Gasteiger partial charge >= 0.3 is 0 Å². The number of unbranched alkanes of at least 4 members (excludes halogenated alkanes) is 3. The monoisotopic (exact) mass is 143 g/mol. The Kier molecular flexibility index (Phi) is 7.76. The van der Waals surface area contributed by atoms with Gasteiger partial charge < -0.3 is 0 Å². The van der Waals surface area contributed by atoms with Crippen molar-refractivity contribution in [1.82, 2.24) is 4.72 Å². The molecule has 52 valence electrons. The summed E-state index contributed by atoms with van der Waals surface area (Å²) in [7, 11) is 0. The molecule has 0 aliphatic heterocycles. The highest BCUT2D eigenvalue weighted by molar-refractivity contribution is 7.78. The first kappa shape index (κ1) is 8.87. The van der Waals surface area contributed by atoms with Crippen LogP contribution in [0.3, 0.4) is 0 Å². The van der Waals surface area contributed by atoms with Crippen molar-refractivity contribution in [3.63, 3.8) is 0 Å². The third-order valence-electron chi connectivity index (χ3n) is 1.11. The average Bonchev–Trinajstić information content (AvgIpc) is 1.89. The third-order valence-corrected chi connectivity index (χ3v) is 1.33. The average molecular weight is 143 g/mol. The molecule has 9 heavy (non-hydrogen) atoms. The van der Waals surface area contributed by atoms with Gasteiger partial charge in [-0.2, -0.15) is 0 Å². The summed E-state index contributed by atoms with van der Waals surface area (Å²) in [6, 6.07) is 0. The minimum Gasteiger partial charge on any atom is -0.267 e. The van der Waals surface area contributed by atoms with Crippen molar-refractivity contribution in [3.05, 3.63) is 0 Å². The summed E-state index contributed by atoms with van der Waals surface area (Å²) >= 11 is 3.86. The molecule has 0 aliphatic carbocycles. The second-order valence-electron chi connectivity index (χ2n) is 1.92. The Hall–Kier alpha value is -0.130. The van der Waals surface area contributed by atoms with Gasteiger partial charge in [-0.3, -0.25) is 4.72 Å². The van der Waals surface area contributed by atoms with E-state index < -0.39 is 0 Å². The van der Waals surface area contributed by atoms with Crippen LogP contribution in [0.1, 0.15) is 25.7 Å². The molecule has 0 heterocycles. The van der Waals surface area contributed by atoms with E-state index in [2.05, 4.69) is 23.5 Å². The fraction of sp³-hybridized carbons (Fsp3) is 0.714. The molecule has 2 heteroatoms. The highest BCUT2D eigenvalue weighted by Crippen LogP contribution is 1.96. The molecular weight excluding hydrogens is 130 g/mol. The standard InChI is InChI=1S/C7H13NS/c1-2-3-4-5-6-7-8-9/h1,8-9H,3-7H2. The van der Waals surface area contributed by atoms with Crippen LogP contribution in [-0.4, -0.2) is 6.54 Å². The summed E-state index contributed by atoms with van der Waals surface area (Å²) in [5.74, 6) is 2.61. The van der Waals surface area contributed by atoms with Crippen molar-refractivity contribution >= 4 is 12.8 Å². The van der Waals surface area contributed by atoms with Crippen LogP contribution in [0.2, 0.25) is 0 Å². The van der Waals surface area contributed by atoms with Gasteiger partial charge in [-0.05, 0) is 12.8 Å². The minimum atomic E-state index is 0.909. The molecule has 0 aliphatic rings. The van der Waals surface area contributed by atoms with Crippen LogP contribution in [0.15, 0.2) is 0 Å². The lowest BCUT2D eigenvalue weighted by Crippen LogP contribution is -1.99. The lowest BCUT2D eigenvalue weighted by Gasteiger charge is -1.94. The molecule has 0 rings (SSSR count). The second-order valence-corrected chi connectivity index (χ2v) is 2.24. The van der Waals surface area contributed by atoms with Crippen molar-refractivity contribution in [2.45, 2.75) is 25.7 Å². The van der Waals surface area contributed by atoms with Crippen LogP contribution in [0.25, 0.3) is 0 Å². The highest BCUT2D eigenvalue weighted by atomic mass is 32.1. The molecule has 0 saturated carbocycles. The van der Waals surface area contributed by atoms with E-state index in [1.807, 2.05) is 0 Å². The first-order valence-corrected chi connectivity index (χ1v) is 3.67. The highest BCUT2D eigenvalue weighted by Gasteiger charge is 1.84. The summed E-state index contributed by atoms with van der Waals surface area (Å²) in [6.45, 7) is 0.980. The van der Waals surface area contributed by atoms with Crippen LogP contribution in [0.5, 0.6) is 0 Å². The summed E-state index contributed by atoms with van der Waals surface area (Å²) in [6.07, 6.45) is 9.49. The van der Waals surface area contributed by atoms with Gasteiger partial charge in [0.2, 0.25) is 0 Å². The number of hydrogen-bond acceptors (Lipinski definition) is 2. The second kappa shape index (κ2) is 7.87. The van der Waals surface area contributed by atoms with E-state index in [-0.39, 0.29) is 0 Å². The summed E-state index contributed by atoms with van der Waals surface area (Å²) in [4.78, 5) is 0. The van der Waals surface area contributed by atoms with Gasteiger partial charge in [-0.1, -0.05) is 19.2 Å². The Morgan fingerprint density at radius 3 is 2.67 bits per heavy atom. The molecule has 0 bridgehead atoms. The van der Waals surface area contributed by atoms with Gasteiger partial charge in [0.05, 0.1) is 0 Å². The fourth-order valence-electron chi connectivity index (χ4n) is 0.608. The van der Waals surface area contributed by atoms with Crippen LogP contribution >= 0.6 is 12.8 Å². The molecule has 0 saturated heterocycles. The first-order valence-electron chi connectivity index (χ1n) is 3.22. The van der Waals surface area contributed by atoms with Gasteiger partial charge in [0.25, 0.3) is 0 Å². The molecule has 0 spiro atoms. The van der Waals surface area contributed by atoms with Crippen LogP contribution in [-0.2, 0) is 0 Å². The maximum absolute atomic E-state index is 5.06. The quantitative estimate of drug-likeness (QED) is 0.338. The van der Waals surface area contributed by atoms with Crippen LogP contribution in [0, 0.1) is 12.3 Å². The number of hydrogen-bond donors (Lipinski definition) is 2. The van der Waals surface area contributed by atoms with Crippen molar-refractivity contribution in [2.24, 2.45) is 0 Å². The lowest BCUT2D eigenvalue weighted by atomic mass is 10.2. The predicted octanol–water partition coefficient (Wildman–Crippen LogP) is 1.61. The van der Waals surface area contributed by atoms with Crippen molar-refractivity contribution in [3.8, 4) is 12.3 Å². The molecular formula is C7H13NS. The molecule has 0 unspecified atom stereocenters. The predicted molar refractivity (Wildman–Crippen MR) is 44.3 cm³/mol. The molecule has 1 nitrogen and oxygen atoms in total. The SMILES string of the molecule is C#CCCCCCNS. The molecule has 0 aromatic heterocycles. The van der Waals surface area contributed by atoms with E-state index in [0.717, 1.165) is 19.4 Å². The van der Waals surface area contributed by atoms with Crippen molar-refractivity contribution in [1.29, 1.82) is 0 Å². The van der Waals surface area contributed by atoms with E-state index in [9.17, 15) is 0 Å². The molecule has 0 radical (unpaired) electrons. The van der Waals surface area contributed by atoms with E-state index in [4.69, 9.17) is 6.42 Å². The zero-order chi connectivity index (χ0) is 6.95.